The van der Waals surface area contributed by atoms with Gasteiger partial charge in [-0.1, -0.05) is 6.42 Å². The SMILES string of the molecule is CC(NC(=O)OC(C)(C)C)C(CN)N(C)C1CCC1. The molecule has 0 aromatic rings. The predicted molar refractivity (Wildman–Crippen MR) is 77.1 cm³/mol. The van der Waals surface area contributed by atoms with Crippen LogP contribution in [0.15, 0.2) is 0 Å². The summed E-state index contributed by atoms with van der Waals surface area (Å²) in [7, 11) is 2.09. The molecule has 0 heterocycles. The molecular formula is C14H29N3O2. The summed E-state index contributed by atoms with van der Waals surface area (Å²) in [5.74, 6) is 0. The quantitative estimate of drug-likeness (QED) is 0.799. The van der Waals surface area contributed by atoms with Crippen molar-refractivity contribution in [3.63, 3.8) is 0 Å². The first-order valence-electron chi connectivity index (χ1n) is 7.16. The second-order valence-electron chi connectivity index (χ2n) is 6.49. The van der Waals surface area contributed by atoms with Gasteiger partial charge in [0.25, 0.3) is 0 Å². The third kappa shape index (κ3) is 4.99. The minimum Gasteiger partial charge on any atom is -0.444 e. The zero-order valence-corrected chi connectivity index (χ0v) is 12.9. The number of hydrogen-bond donors (Lipinski definition) is 2. The second kappa shape index (κ2) is 6.57. The van der Waals surface area contributed by atoms with E-state index in [0.29, 0.717) is 12.6 Å². The van der Waals surface area contributed by atoms with E-state index in [1.54, 1.807) is 0 Å². The fourth-order valence-electron chi connectivity index (χ4n) is 2.38. The van der Waals surface area contributed by atoms with E-state index in [9.17, 15) is 4.79 Å². The Morgan fingerprint density at radius 3 is 2.42 bits per heavy atom. The molecule has 3 N–H and O–H groups in total. The maximum Gasteiger partial charge on any atom is 0.407 e. The van der Waals surface area contributed by atoms with Crippen LogP contribution in [0.1, 0.15) is 47.0 Å². The molecule has 112 valence electrons. The Kier molecular flexibility index (Phi) is 5.62. The first kappa shape index (κ1) is 16.2. The van der Waals surface area contributed by atoms with Gasteiger partial charge in [-0.3, -0.25) is 4.90 Å². The Morgan fingerprint density at radius 1 is 1.47 bits per heavy atom. The Hall–Kier alpha value is -0.810. The number of ether oxygens (including phenoxy) is 1. The fourth-order valence-corrected chi connectivity index (χ4v) is 2.38. The molecule has 1 rings (SSSR count). The van der Waals surface area contributed by atoms with Gasteiger partial charge in [-0.15, -0.1) is 0 Å². The van der Waals surface area contributed by atoms with Crippen molar-refractivity contribution in [1.29, 1.82) is 0 Å². The van der Waals surface area contributed by atoms with Crippen LogP contribution < -0.4 is 11.1 Å². The molecule has 0 saturated heterocycles. The summed E-state index contributed by atoms with van der Waals surface area (Å²) in [6.45, 7) is 8.09. The molecule has 1 fully saturated rings. The summed E-state index contributed by atoms with van der Waals surface area (Å²) < 4.78 is 5.27. The van der Waals surface area contributed by atoms with Gasteiger partial charge in [-0.25, -0.2) is 4.79 Å². The number of rotatable bonds is 5. The molecule has 1 amide bonds. The fraction of sp³-hybridized carbons (Fsp3) is 0.929. The van der Waals surface area contributed by atoms with Crippen molar-refractivity contribution >= 4 is 6.09 Å². The van der Waals surface area contributed by atoms with E-state index in [0.717, 1.165) is 0 Å². The zero-order valence-electron chi connectivity index (χ0n) is 12.9. The molecule has 1 saturated carbocycles. The third-order valence-electron chi connectivity index (χ3n) is 3.74. The number of likely N-dealkylation sites (N-methyl/N-ethyl adjacent to an activating group) is 1. The van der Waals surface area contributed by atoms with Crippen molar-refractivity contribution in [2.24, 2.45) is 5.73 Å². The number of alkyl carbamates (subject to hydrolysis) is 1. The summed E-state index contributed by atoms with van der Waals surface area (Å²) in [4.78, 5) is 14.1. The third-order valence-corrected chi connectivity index (χ3v) is 3.74. The van der Waals surface area contributed by atoms with Gasteiger partial charge in [0, 0.05) is 24.7 Å². The van der Waals surface area contributed by atoms with Crippen LogP contribution in [0, 0.1) is 0 Å². The van der Waals surface area contributed by atoms with Gasteiger partial charge in [0.2, 0.25) is 0 Å². The van der Waals surface area contributed by atoms with E-state index in [2.05, 4.69) is 17.3 Å². The molecule has 0 aromatic carbocycles. The maximum absolute atomic E-state index is 11.8. The lowest BCUT2D eigenvalue weighted by molar-refractivity contribution is 0.0434. The van der Waals surface area contributed by atoms with Crippen molar-refractivity contribution in [3.8, 4) is 0 Å². The predicted octanol–water partition coefficient (Wildman–Crippen LogP) is 1.71. The Bertz CT molecular complexity index is 298. The van der Waals surface area contributed by atoms with E-state index in [4.69, 9.17) is 10.5 Å². The molecule has 0 spiro atoms. The average Bonchev–Trinajstić information content (AvgIpc) is 2.11. The van der Waals surface area contributed by atoms with E-state index < -0.39 is 5.60 Å². The normalized spacial score (nSPS) is 19.7. The largest absolute Gasteiger partial charge is 0.444 e. The van der Waals surface area contributed by atoms with Gasteiger partial charge in [0.1, 0.15) is 5.60 Å². The van der Waals surface area contributed by atoms with Crippen LogP contribution in [0.4, 0.5) is 4.79 Å². The number of hydrogen-bond acceptors (Lipinski definition) is 4. The van der Waals surface area contributed by atoms with Crippen molar-refractivity contribution in [1.82, 2.24) is 10.2 Å². The van der Waals surface area contributed by atoms with Gasteiger partial charge in [-0.05, 0) is 47.6 Å². The molecule has 5 heteroatoms. The van der Waals surface area contributed by atoms with Crippen LogP contribution in [0.25, 0.3) is 0 Å². The van der Waals surface area contributed by atoms with Gasteiger partial charge in [0.05, 0.1) is 0 Å². The highest BCUT2D eigenvalue weighted by molar-refractivity contribution is 5.68. The maximum atomic E-state index is 11.8. The number of nitrogens with zero attached hydrogens (tertiary/aromatic N) is 1. The van der Waals surface area contributed by atoms with Crippen molar-refractivity contribution in [3.05, 3.63) is 0 Å². The van der Waals surface area contributed by atoms with Gasteiger partial charge in [0.15, 0.2) is 0 Å². The Balaban J connectivity index is 2.48. The second-order valence-corrected chi connectivity index (χ2v) is 6.49. The molecule has 0 aliphatic heterocycles. The Labute approximate surface area is 116 Å². The van der Waals surface area contributed by atoms with Crippen molar-refractivity contribution in [2.45, 2.75) is 70.7 Å². The van der Waals surface area contributed by atoms with Gasteiger partial charge >= 0.3 is 6.09 Å². The molecular weight excluding hydrogens is 242 g/mol. The lowest BCUT2D eigenvalue weighted by atomic mass is 9.90. The molecule has 0 radical (unpaired) electrons. The van der Waals surface area contributed by atoms with Crippen LogP contribution in [0.3, 0.4) is 0 Å². The summed E-state index contributed by atoms with van der Waals surface area (Å²) in [6, 6.07) is 0.736. The summed E-state index contributed by atoms with van der Waals surface area (Å²) in [5, 5.41) is 2.89. The lowest BCUT2D eigenvalue weighted by Gasteiger charge is -2.42. The van der Waals surface area contributed by atoms with E-state index in [1.807, 2.05) is 27.7 Å². The average molecular weight is 271 g/mol. The molecule has 0 bridgehead atoms. The monoisotopic (exact) mass is 271 g/mol. The lowest BCUT2D eigenvalue weighted by Crippen LogP contribution is -2.57. The number of carbonyl (C=O) groups is 1. The number of amides is 1. The Morgan fingerprint density at radius 2 is 2.05 bits per heavy atom. The molecule has 1 aliphatic rings. The molecule has 2 unspecified atom stereocenters. The smallest absolute Gasteiger partial charge is 0.407 e. The highest BCUT2D eigenvalue weighted by Crippen LogP contribution is 2.25. The van der Waals surface area contributed by atoms with Gasteiger partial charge in [-0.2, -0.15) is 0 Å². The van der Waals surface area contributed by atoms with Crippen LogP contribution >= 0.6 is 0 Å². The van der Waals surface area contributed by atoms with Crippen LogP contribution in [0.5, 0.6) is 0 Å². The van der Waals surface area contributed by atoms with E-state index in [1.165, 1.54) is 19.3 Å². The van der Waals surface area contributed by atoms with Crippen LogP contribution in [-0.4, -0.2) is 48.3 Å². The summed E-state index contributed by atoms with van der Waals surface area (Å²) >= 11 is 0. The first-order chi connectivity index (χ1) is 8.74. The molecule has 19 heavy (non-hydrogen) atoms. The molecule has 1 aliphatic carbocycles. The minimum absolute atomic E-state index is 0.0227. The molecule has 5 nitrogen and oxygen atoms in total. The number of nitrogens with two attached hydrogens (primary N) is 1. The number of nitrogens with one attached hydrogen (secondary N) is 1. The zero-order chi connectivity index (χ0) is 14.6. The van der Waals surface area contributed by atoms with Crippen LogP contribution in [0.2, 0.25) is 0 Å². The van der Waals surface area contributed by atoms with Crippen LogP contribution in [-0.2, 0) is 4.74 Å². The highest BCUT2D eigenvalue weighted by atomic mass is 16.6. The van der Waals surface area contributed by atoms with Gasteiger partial charge < -0.3 is 15.8 Å². The molecule has 2 atom stereocenters. The minimum atomic E-state index is -0.470. The summed E-state index contributed by atoms with van der Waals surface area (Å²) in [5.41, 5.74) is 5.39. The highest BCUT2D eigenvalue weighted by Gasteiger charge is 2.31. The topological polar surface area (TPSA) is 67.6 Å². The van der Waals surface area contributed by atoms with E-state index >= 15 is 0 Å². The van der Waals surface area contributed by atoms with Crippen molar-refractivity contribution < 1.29 is 9.53 Å². The van der Waals surface area contributed by atoms with E-state index in [-0.39, 0.29) is 18.2 Å². The standard InChI is InChI=1S/C14H29N3O2/c1-10(16-13(18)19-14(2,3)4)12(9-15)17(5)11-7-6-8-11/h10-12H,6-9,15H2,1-5H3,(H,16,18). The number of carbonyl (C=O) groups excluding carboxylic acids is 1. The summed E-state index contributed by atoms with van der Waals surface area (Å²) in [6.07, 6.45) is 3.37. The van der Waals surface area contributed by atoms with Crippen molar-refractivity contribution in [2.75, 3.05) is 13.6 Å². The molecule has 0 aromatic heterocycles. The first-order valence-corrected chi connectivity index (χ1v) is 7.16.